The summed E-state index contributed by atoms with van der Waals surface area (Å²) in [5, 5.41) is 20.0. The molecule has 0 aliphatic carbocycles. The van der Waals surface area contributed by atoms with Gasteiger partial charge in [0, 0.05) is 27.7 Å². The van der Waals surface area contributed by atoms with E-state index in [0.29, 0.717) is 44.6 Å². The first-order valence-corrected chi connectivity index (χ1v) is 14.6. The molecule has 44 heavy (non-hydrogen) atoms. The summed E-state index contributed by atoms with van der Waals surface area (Å²) in [5.74, 6) is -0.238. The van der Waals surface area contributed by atoms with Gasteiger partial charge in [-0.1, -0.05) is 65.7 Å². The summed E-state index contributed by atoms with van der Waals surface area (Å²) in [6.07, 6.45) is -0.850. The zero-order valence-corrected chi connectivity index (χ0v) is 25.5. The lowest BCUT2D eigenvalue weighted by molar-refractivity contribution is 0.0600. The number of methoxy groups -OCH3 is 1. The Morgan fingerprint density at radius 2 is 1.45 bits per heavy atom. The van der Waals surface area contributed by atoms with Crippen molar-refractivity contribution >= 4 is 45.9 Å². The zero-order chi connectivity index (χ0) is 31.2. The molecule has 0 saturated heterocycles. The highest BCUT2D eigenvalue weighted by molar-refractivity contribution is 6.31. The summed E-state index contributed by atoms with van der Waals surface area (Å²) in [4.78, 5) is 25.1. The smallest absolute Gasteiger partial charge is 0.337 e. The number of ether oxygens (including phenoxy) is 2. The largest absolute Gasteiger partial charge is 0.507 e. The van der Waals surface area contributed by atoms with Crippen LogP contribution in [0.2, 0.25) is 10.0 Å². The van der Waals surface area contributed by atoms with Gasteiger partial charge in [0.25, 0.3) is 5.91 Å². The summed E-state index contributed by atoms with van der Waals surface area (Å²) < 4.78 is 11.3. The predicted molar refractivity (Wildman–Crippen MR) is 172 cm³/mol. The first-order valence-electron chi connectivity index (χ1n) is 13.9. The van der Waals surface area contributed by atoms with Crippen LogP contribution in [0, 0.1) is 0 Å². The molecule has 3 N–H and O–H groups in total. The molecule has 5 rings (SSSR count). The topological polar surface area (TPSA) is 96.9 Å². The molecule has 0 aliphatic rings. The van der Waals surface area contributed by atoms with E-state index < -0.39 is 18.2 Å². The second-order valence-corrected chi connectivity index (χ2v) is 11.1. The third-order valence-corrected chi connectivity index (χ3v) is 7.65. The molecule has 0 heterocycles. The molecule has 224 valence electrons. The van der Waals surface area contributed by atoms with E-state index in [9.17, 15) is 14.7 Å². The predicted octanol–water partition coefficient (Wildman–Crippen LogP) is 8.00. The van der Waals surface area contributed by atoms with E-state index in [0.717, 1.165) is 16.3 Å². The number of fused-ring (bicyclic) bond motifs is 1. The standard InChI is InChI=1S/C35H30Cl2N2O5/c1-21(39-33(41)26-12-11-23-5-3-4-6-25(23)17-26)29-18-28(37)14-16-32(29)44-34(30-19-27(36)13-15-31(30)40)38-20-22-7-9-24(10-8-22)35(42)43-2/h3-19,21,34,38,40H,20H2,1-2H3,(H,39,41). The summed E-state index contributed by atoms with van der Waals surface area (Å²) in [7, 11) is 1.33. The highest BCUT2D eigenvalue weighted by Gasteiger charge is 2.22. The molecule has 0 bridgehead atoms. The van der Waals surface area contributed by atoms with Crippen molar-refractivity contribution in [3.05, 3.63) is 141 Å². The van der Waals surface area contributed by atoms with Gasteiger partial charge in [-0.15, -0.1) is 0 Å². The highest BCUT2D eigenvalue weighted by Crippen LogP contribution is 2.35. The highest BCUT2D eigenvalue weighted by atomic mass is 35.5. The van der Waals surface area contributed by atoms with Crippen LogP contribution in [0.5, 0.6) is 11.5 Å². The Hall–Kier alpha value is -4.56. The number of halogens is 2. The van der Waals surface area contributed by atoms with Crippen molar-refractivity contribution in [3.8, 4) is 11.5 Å². The summed E-state index contributed by atoms with van der Waals surface area (Å²) >= 11 is 12.7. The Labute approximate surface area is 265 Å². The molecule has 0 aliphatic heterocycles. The minimum absolute atomic E-state index is 0.0129. The van der Waals surface area contributed by atoms with Gasteiger partial charge >= 0.3 is 5.97 Å². The third kappa shape index (κ3) is 7.32. The van der Waals surface area contributed by atoms with Gasteiger partial charge in [0.15, 0.2) is 6.23 Å². The van der Waals surface area contributed by atoms with Crippen molar-refractivity contribution < 1.29 is 24.2 Å². The fraction of sp³-hybridized carbons (Fsp3) is 0.143. The van der Waals surface area contributed by atoms with E-state index in [2.05, 4.69) is 10.6 Å². The molecular weight excluding hydrogens is 599 g/mol. The van der Waals surface area contributed by atoms with Crippen molar-refractivity contribution in [1.29, 1.82) is 0 Å². The Bertz CT molecular complexity index is 1810. The van der Waals surface area contributed by atoms with Crippen LogP contribution < -0.4 is 15.4 Å². The molecule has 1 amide bonds. The number of rotatable bonds is 10. The number of nitrogens with one attached hydrogen (secondary N) is 2. The molecule has 9 heteroatoms. The van der Waals surface area contributed by atoms with Crippen molar-refractivity contribution in [2.75, 3.05) is 7.11 Å². The SMILES string of the molecule is COC(=O)c1ccc(CNC(Oc2ccc(Cl)cc2C(C)NC(=O)c2ccc3ccccc3c2)c2cc(Cl)ccc2O)cc1. The van der Waals surface area contributed by atoms with Crippen LogP contribution in [-0.2, 0) is 11.3 Å². The maximum absolute atomic E-state index is 13.3. The monoisotopic (exact) mass is 628 g/mol. The van der Waals surface area contributed by atoms with E-state index in [1.165, 1.54) is 13.2 Å². The lowest BCUT2D eigenvalue weighted by atomic mass is 10.0. The Morgan fingerprint density at radius 1 is 0.795 bits per heavy atom. The molecule has 0 saturated carbocycles. The number of aromatic hydroxyl groups is 1. The zero-order valence-electron chi connectivity index (χ0n) is 24.0. The fourth-order valence-electron chi connectivity index (χ4n) is 4.82. The molecule has 0 aromatic heterocycles. The van der Waals surface area contributed by atoms with Crippen LogP contribution in [0.3, 0.4) is 0 Å². The van der Waals surface area contributed by atoms with Crippen LogP contribution in [0.15, 0.2) is 103 Å². The number of benzene rings is 5. The van der Waals surface area contributed by atoms with Gasteiger partial charge in [-0.3, -0.25) is 10.1 Å². The minimum Gasteiger partial charge on any atom is -0.507 e. The van der Waals surface area contributed by atoms with Crippen LogP contribution >= 0.6 is 23.2 Å². The second-order valence-electron chi connectivity index (χ2n) is 10.2. The number of amides is 1. The molecule has 0 spiro atoms. The van der Waals surface area contributed by atoms with Gasteiger partial charge in [0.2, 0.25) is 0 Å². The van der Waals surface area contributed by atoms with Gasteiger partial charge in [0.05, 0.1) is 24.3 Å². The minimum atomic E-state index is -0.850. The van der Waals surface area contributed by atoms with E-state index in [-0.39, 0.29) is 11.7 Å². The van der Waals surface area contributed by atoms with E-state index in [1.807, 2.05) is 43.3 Å². The van der Waals surface area contributed by atoms with Crippen LogP contribution in [0.4, 0.5) is 0 Å². The lowest BCUT2D eigenvalue weighted by Crippen LogP contribution is -2.29. The first-order chi connectivity index (χ1) is 21.2. The number of phenolic OH excluding ortho intramolecular Hbond substituents is 1. The molecule has 2 unspecified atom stereocenters. The molecule has 5 aromatic rings. The Kier molecular flexibility index (Phi) is 9.70. The maximum atomic E-state index is 13.3. The van der Waals surface area contributed by atoms with Crippen LogP contribution in [0.25, 0.3) is 10.8 Å². The third-order valence-electron chi connectivity index (χ3n) is 7.18. The fourth-order valence-corrected chi connectivity index (χ4v) is 5.18. The van der Waals surface area contributed by atoms with Gasteiger partial charge in [-0.05, 0) is 83.9 Å². The van der Waals surface area contributed by atoms with E-state index in [4.69, 9.17) is 32.7 Å². The molecular formula is C35H30Cl2N2O5. The maximum Gasteiger partial charge on any atom is 0.337 e. The van der Waals surface area contributed by atoms with Crippen molar-refractivity contribution in [3.63, 3.8) is 0 Å². The molecule has 5 aromatic carbocycles. The number of esters is 1. The number of hydrogen-bond acceptors (Lipinski definition) is 6. The van der Waals surface area contributed by atoms with Gasteiger partial charge < -0.3 is 19.9 Å². The van der Waals surface area contributed by atoms with Crippen molar-refractivity contribution in [2.24, 2.45) is 0 Å². The Balaban J connectivity index is 1.40. The second kappa shape index (κ2) is 13.8. The number of phenols is 1. The lowest BCUT2D eigenvalue weighted by Gasteiger charge is -2.25. The van der Waals surface area contributed by atoms with Crippen molar-refractivity contribution in [1.82, 2.24) is 10.6 Å². The van der Waals surface area contributed by atoms with Gasteiger partial charge in [-0.25, -0.2) is 4.79 Å². The van der Waals surface area contributed by atoms with Crippen molar-refractivity contribution in [2.45, 2.75) is 25.7 Å². The van der Waals surface area contributed by atoms with Crippen LogP contribution in [-0.4, -0.2) is 24.1 Å². The summed E-state index contributed by atoms with van der Waals surface area (Å²) in [5.41, 5.74) is 2.88. The van der Waals surface area contributed by atoms with Gasteiger partial charge in [0.1, 0.15) is 11.5 Å². The number of carbonyl (C=O) groups is 2. The van der Waals surface area contributed by atoms with Crippen LogP contribution in [0.1, 0.15) is 56.6 Å². The molecule has 0 radical (unpaired) electrons. The van der Waals surface area contributed by atoms with E-state index >= 15 is 0 Å². The average Bonchev–Trinajstić information content (AvgIpc) is 3.04. The normalized spacial score (nSPS) is 12.4. The molecule has 0 fully saturated rings. The quantitative estimate of drug-likeness (QED) is 0.107. The van der Waals surface area contributed by atoms with Gasteiger partial charge in [-0.2, -0.15) is 0 Å². The first kappa shape index (κ1) is 30.9. The molecule has 2 atom stereocenters. The average molecular weight is 630 g/mol. The summed E-state index contributed by atoms with van der Waals surface area (Å²) in [6, 6.07) is 29.7. The Morgan fingerprint density at radius 3 is 2.18 bits per heavy atom. The van der Waals surface area contributed by atoms with E-state index in [1.54, 1.807) is 60.7 Å². The summed E-state index contributed by atoms with van der Waals surface area (Å²) in [6.45, 7) is 2.18. The number of carbonyl (C=O) groups excluding carboxylic acids is 2. The number of hydrogen-bond donors (Lipinski definition) is 3. The molecule has 7 nitrogen and oxygen atoms in total.